The van der Waals surface area contributed by atoms with Crippen molar-refractivity contribution in [1.82, 2.24) is 0 Å². The molecule has 0 saturated heterocycles. The van der Waals surface area contributed by atoms with Crippen LogP contribution in [0.15, 0.2) is 17.5 Å². The summed E-state index contributed by atoms with van der Waals surface area (Å²) < 4.78 is 0. The third-order valence-corrected chi connectivity index (χ3v) is 2.41. The normalized spacial score (nSPS) is 11.7. The summed E-state index contributed by atoms with van der Waals surface area (Å²) >= 11 is 1.62. The second-order valence-electron chi connectivity index (χ2n) is 2.32. The highest BCUT2D eigenvalue weighted by molar-refractivity contribution is 7.10. The second kappa shape index (κ2) is 7.32. The van der Waals surface area contributed by atoms with E-state index in [1.807, 2.05) is 31.4 Å². The van der Waals surface area contributed by atoms with Crippen molar-refractivity contribution in [2.24, 2.45) is 0 Å². The average molecular weight is 186 g/mol. The van der Waals surface area contributed by atoms with Crippen molar-refractivity contribution in [3.63, 3.8) is 0 Å². The molecule has 0 bridgehead atoms. The van der Waals surface area contributed by atoms with Crippen molar-refractivity contribution in [3.8, 4) is 0 Å². The van der Waals surface area contributed by atoms with E-state index in [9.17, 15) is 5.11 Å². The predicted molar refractivity (Wildman–Crippen MR) is 55.5 cm³/mol. The molecule has 1 N–H and O–H groups in total. The summed E-state index contributed by atoms with van der Waals surface area (Å²) in [4.78, 5) is 1.09. The van der Waals surface area contributed by atoms with E-state index in [4.69, 9.17) is 0 Å². The molecule has 0 aliphatic carbocycles. The number of rotatable bonds is 3. The number of aliphatic hydroxyl groups excluding tert-OH is 1. The van der Waals surface area contributed by atoms with Gasteiger partial charge in [-0.3, -0.25) is 0 Å². The summed E-state index contributed by atoms with van der Waals surface area (Å²) in [5.74, 6) is 0. The zero-order valence-electron chi connectivity index (χ0n) is 8.08. The van der Waals surface area contributed by atoms with Crippen LogP contribution in [0.25, 0.3) is 0 Å². The minimum Gasteiger partial charge on any atom is -0.388 e. The zero-order valence-corrected chi connectivity index (χ0v) is 8.90. The molecular formula is C10H18OS. The van der Waals surface area contributed by atoms with Gasteiger partial charge in [-0.1, -0.05) is 33.3 Å². The van der Waals surface area contributed by atoms with Gasteiger partial charge in [-0.2, -0.15) is 0 Å². The van der Waals surface area contributed by atoms with E-state index in [2.05, 4.69) is 6.92 Å². The first kappa shape index (κ1) is 11.7. The van der Waals surface area contributed by atoms with Gasteiger partial charge in [0, 0.05) is 4.88 Å². The predicted octanol–water partition coefficient (Wildman–Crippen LogP) is 3.61. The smallest absolute Gasteiger partial charge is 0.0881 e. The largest absolute Gasteiger partial charge is 0.388 e. The van der Waals surface area contributed by atoms with Crippen molar-refractivity contribution in [3.05, 3.63) is 22.4 Å². The lowest BCUT2D eigenvalue weighted by Gasteiger charge is -2.04. The third-order valence-electron chi connectivity index (χ3n) is 1.43. The molecule has 70 valence electrons. The standard InChI is InChI=1S/C8H12OS.C2H6/c1-2-4-7(9)8-5-3-6-10-8;1-2/h3,5-7,9H,2,4H2,1H3;1-2H3. The number of thiophene rings is 1. The van der Waals surface area contributed by atoms with Crippen LogP contribution in [0.1, 0.15) is 44.6 Å². The molecule has 1 nitrogen and oxygen atoms in total. The number of hydrogen-bond acceptors (Lipinski definition) is 2. The van der Waals surface area contributed by atoms with Gasteiger partial charge < -0.3 is 5.11 Å². The van der Waals surface area contributed by atoms with Crippen LogP contribution in [0.2, 0.25) is 0 Å². The Hall–Kier alpha value is -0.340. The van der Waals surface area contributed by atoms with Gasteiger partial charge in [0.15, 0.2) is 0 Å². The van der Waals surface area contributed by atoms with Crippen LogP contribution in [0.4, 0.5) is 0 Å². The molecule has 1 unspecified atom stereocenters. The van der Waals surface area contributed by atoms with Crippen molar-refractivity contribution < 1.29 is 5.11 Å². The molecule has 0 aliphatic heterocycles. The summed E-state index contributed by atoms with van der Waals surface area (Å²) in [5.41, 5.74) is 0. The van der Waals surface area contributed by atoms with E-state index in [0.717, 1.165) is 17.7 Å². The molecule has 12 heavy (non-hydrogen) atoms. The molecule has 1 heterocycles. The van der Waals surface area contributed by atoms with Crippen LogP contribution in [-0.4, -0.2) is 5.11 Å². The Balaban J connectivity index is 0.000000561. The summed E-state index contributed by atoms with van der Waals surface area (Å²) in [6.07, 6.45) is 1.68. The second-order valence-corrected chi connectivity index (χ2v) is 3.30. The number of aliphatic hydroxyl groups is 1. The first-order valence-corrected chi connectivity index (χ1v) is 5.44. The molecule has 2 heteroatoms. The zero-order chi connectivity index (χ0) is 9.40. The molecule has 0 radical (unpaired) electrons. The van der Waals surface area contributed by atoms with Crippen LogP contribution >= 0.6 is 11.3 Å². The van der Waals surface area contributed by atoms with Crippen molar-refractivity contribution in [1.29, 1.82) is 0 Å². The van der Waals surface area contributed by atoms with Gasteiger partial charge in [-0.25, -0.2) is 0 Å². The van der Waals surface area contributed by atoms with Crippen LogP contribution in [0, 0.1) is 0 Å². The minimum atomic E-state index is -0.231. The van der Waals surface area contributed by atoms with E-state index in [0.29, 0.717) is 0 Å². The highest BCUT2D eigenvalue weighted by Crippen LogP contribution is 2.22. The SMILES string of the molecule is CC.CCCC(O)c1cccs1. The van der Waals surface area contributed by atoms with Gasteiger partial charge >= 0.3 is 0 Å². The lowest BCUT2D eigenvalue weighted by Crippen LogP contribution is -1.91. The maximum absolute atomic E-state index is 9.42. The molecule has 1 aromatic rings. The maximum atomic E-state index is 9.42. The number of hydrogen-bond donors (Lipinski definition) is 1. The first-order chi connectivity index (χ1) is 5.84. The van der Waals surface area contributed by atoms with Crippen LogP contribution < -0.4 is 0 Å². The molecular weight excluding hydrogens is 168 g/mol. The van der Waals surface area contributed by atoms with Gasteiger partial charge in [-0.05, 0) is 17.9 Å². The highest BCUT2D eigenvalue weighted by atomic mass is 32.1. The molecule has 1 atom stereocenters. The quantitative estimate of drug-likeness (QED) is 0.764. The lowest BCUT2D eigenvalue weighted by molar-refractivity contribution is 0.170. The fraction of sp³-hybridized carbons (Fsp3) is 0.600. The molecule has 0 amide bonds. The first-order valence-electron chi connectivity index (χ1n) is 4.56. The molecule has 0 fully saturated rings. The summed E-state index contributed by atoms with van der Waals surface area (Å²) in [6.45, 7) is 6.08. The fourth-order valence-electron chi connectivity index (χ4n) is 0.897. The van der Waals surface area contributed by atoms with Crippen LogP contribution in [-0.2, 0) is 0 Å². The molecule has 0 saturated carbocycles. The van der Waals surface area contributed by atoms with E-state index in [1.165, 1.54) is 0 Å². The van der Waals surface area contributed by atoms with Crippen LogP contribution in [0.3, 0.4) is 0 Å². The summed E-state index contributed by atoms with van der Waals surface area (Å²) in [6, 6.07) is 3.95. The topological polar surface area (TPSA) is 20.2 Å². The average Bonchev–Trinajstić information content (AvgIpc) is 2.60. The Kier molecular flexibility index (Phi) is 7.11. The van der Waals surface area contributed by atoms with Gasteiger partial charge in [0.2, 0.25) is 0 Å². The molecule has 0 aliphatic rings. The van der Waals surface area contributed by atoms with Gasteiger partial charge in [0.1, 0.15) is 0 Å². The fourth-order valence-corrected chi connectivity index (χ4v) is 1.64. The van der Waals surface area contributed by atoms with Crippen molar-refractivity contribution in [2.75, 3.05) is 0 Å². The highest BCUT2D eigenvalue weighted by Gasteiger charge is 2.05. The Morgan fingerprint density at radius 3 is 2.58 bits per heavy atom. The summed E-state index contributed by atoms with van der Waals surface area (Å²) in [5, 5.41) is 11.4. The molecule has 0 aromatic carbocycles. The Labute approximate surface area is 79.1 Å². The Bertz CT molecular complexity index is 170. The van der Waals surface area contributed by atoms with Gasteiger partial charge in [0.25, 0.3) is 0 Å². The van der Waals surface area contributed by atoms with Crippen molar-refractivity contribution >= 4 is 11.3 Å². The van der Waals surface area contributed by atoms with E-state index in [-0.39, 0.29) is 6.10 Å². The lowest BCUT2D eigenvalue weighted by atomic mass is 10.2. The molecule has 1 aromatic heterocycles. The van der Waals surface area contributed by atoms with Gasteiger partial charge in [-0.15, -0.1) is 11.3 Å². The maximum Gasteiger partial charge on any atom is 0.0881 e. The van der Waals surface area contributed by atoms with Crippen molar-refractivity contribution in [2.45, 2.75) is 39.7 Å². The minimum absolute atomic E-state index is 0.231. The van der Waals surface area contributed by atoms with Crippen LogP contribution in [0.5, 0.6) is 0 Å². The monoisotopic (exact) mass is 186 g/mol. The Morgan fingerprint density at radius 1 is 1.50 bits per heavy atom. The molecule has 0 spiro atoms. The van der Waals surface area contributed by atoms with Gasteiger partial charge in [0.05, 0.1) is 6.10 Å². The third kappa shape index (κ3) is 3.88. The molecule has 1 rings (SSSR count). The summed E-state index contributed by atoms with van der Waals surface area (Å²) in [7, 11) is 0. The van der Waals surface area contributed by atoms with E-state index < -0.39 is 0 Å². The van der Waals surface area contributed by atoms with E-state index >= 15 is 0 Å². The Morgan fingerprint density at radius 2 is 2.17 bits per heavy atom. The van der Waals surface area contributed by atoms with E-state index in [1.54, 1.807) is 11.3 Å².